The number of phosphoric acid groups is 1. The fraction of sp³-hybridized carbons (Fsp3) is 0.429. The molecule has 50 heavy (non-hydrogen) atoms. The molecule has 0 unspecified atom stereocenters. The lowest BCUT2D eigenvalue weighted by Crippen LogP contribution is -2.68. The average molecular weight is 716 g/mol. The van der Waals surface area contributed by atoms with E-state index in [0.717, 1.165) is 29.7 Å². The second kappa shape index (κ2) is 14.3. The van der Waals surface area contributed by atoms with E-state index < -0.39 is 61.2 Å². The van der Waals surface area contributed by atoms with Crippen LogP contribution in [-0.2, 0) is 50.3 Å². The van der Waals surface area contributed by atoms with Gasteiger partial charge in [0, 0.05) is 12.0 Å². The fourth-order valence-corrected chi connectivity index (χ4v) is 7.83. The summed E-state index contributed by atoms with van der Waals surface area (Å²) in [5.41, 5.74) is 1.45. The number of benzene rings is 3. The smallest absolute Gasteiger partial charge is 0.348 e. The third-order valence-corrected chi connectivity index (χ3v) is 10.3. The zero-order valence-electron chi connectivity index (χ0n) is 27.5. The lowest BCUT2D eigenvalue weighted by molar-refractivity contribution is -0.411. The van der Waals surface area contributed by atoms with Crippen molar-refractivity contribution in [2.24, 2.45) is 0 Å². The number of phosphoric ester groups is 1. The van der Waals surface area contributed by atoms with Crippen molar-refractivity contribution in [2.45, 2.75) is 82.3 Å². The van der Waals surface area contributed by atoms with Crippen LogP contribution in [-0.4, -0.2) is 58.1 Å². The number of hydrogen-bond acceptors (Lipinski definition) is 10. The van der Waals surface area contributed by atoms with E-state index in [1.54, 1.807) is 13.8 Å². The quantitative estimate of drug-likeness (QED) is 0.123. The predicted molar refractivity (Wildman–Crippen MR) is 172 cm³/mol. The third-order valence-electron chi connectivity index (χ3n) is 8.88. The molecule has 4 aromatic rings. The van der Waals surface area contributed by atoms with Crippen LogP contribution in [0.25, 0.3) is 11.3 Å². The Bertz CT molecular complexity index is 1760. The first-order chi connectivity index (χ1) is 24.0. The molecule has 0 N–H and O–H groups in total. The van der Waals surface area contributed by atoms with E-state index >= 15 is 0 Å². The number of ether oxygens (including phenoxy) is 4. The maximum Gasteiger partial charge on any atom is 0.475 e. The summed E-state index contributed by atoms with van der Waals surface area (Å²) >= 11 is 0. The summed E-state index contributed by atoms with van der Waals surface area (Å²) in [7, 11) is -4.47. The van der Waals surface area contributed by atoms with Crippen LogP contribution in [0.2, 0.25) is 0 Å². The minimum absolute atomic E-state index is 0.0401. The lowest BCUT2D eigenvalue weighted by Gasteiger charge is -2.56. The van der Waals surface area contributed by atoms with Crippen LogP contribution >= 0.6 is 7.82 Å². The molecule has 3 fully saturated rings. The van der Waals surface area contributed by atoms with Gasteiger partial charge in [-0.25, -0.2) is 22.4 Å². The topological polar surface area (TPSA) is 112 Å². The van der Waals surface area contributed by atoms with Crippen LogP contribution in [0.1, 0.15) is 50.3 Å². The molecule has 1 aromatic heterocycles. The molecule has 266 valence electrons. The Balaban J connectivity index is 1.30. The van der Waals surface area contributed by atoms with Gasteiger partial charge in [-0.3, -0.25) is 13.6 Å². The first-order valence-corrected chi connectivity index (χ1v) is 17.8. The van der Waals surface area contributed by atoms with E-state index in [4.69, 9.17) is 32.5 Å². The van der Waals surface area contributed by atoms with Gasteiger partial charge in [0.15, 0.2) is 29.0 Å². The molecule has 0 aliphatic carbocycles. The summed E-state index contributed by atoms with van der Waals surface area (Å²) < 4.78 is 103. The Morgan fingerprint density at radius 2 is 1.54 bits per heavy atom. The summed E-state index contributed by atoms with van der Waals surface area (Å²) in [6, 6.07) is 19.0. The van der Waals surface area contributed by atoms with Gasteiger partial charge < -0.3 is 18.9 Å². The SMILES string of the molecule is CC1(C)OC[C@H]2O[C@@]3(CCCCO3)[C@H](OP(=O)(OCc3ccccc3)OCc3ccccc3)[C@@H](n3cc(-c4cc(F)c(F)c(F)c4)nn3)[C@H]2O1. The van der Waals surface area contributed by atoms with Gasteiger partial charge in [0.05, 0.1) is 32.6 Å². The molecule has 1 spiro atoms. The first kappa shape index (κ1) is 35.0. The Morgan fingerprint density at radius 3 is 2.14 bits per heavy atom. The summed E-state index contributed by atoms with van der Waals surface area (Å²) in [4.78, 5) is 0. The highest BCUT2D eigenvalue weighted by atomic mass is 31.2. The van der Waals surface area contributed by atoms with Crippen LogP contribution in [0.3, 0.4) is 0 Å². The highest BCUT2D eigenvalue weighted by Gasteiger charge is 2.62. The van der Waals surface area contributed by atoms with Crippen molar-refractivity contribution in [1.29, 1.82) is 0 Å². The fourth-order valence-electron chi connectivity index (χ4n) is 6.45. The lowest BCUT2D eigenvalue weighted by atomic mass is 9.85. The van der Waals surface area contributed by atoms with Crippen molar-refractivity contribution in [3.63, 3.8) is 0 Å². The highest BCUT2D eigenvalue weighted by Crippen LogP contribution is 2.58. The normalized spacial score (nSPS) is 26.5. The second-order valence-electron chi connectivity index (χ2n) is 12.9. The number of fused-ring (bicyclic) bond motifs is 1. The van der Waals surface area contributed by atoms with Gasteiger partial charge in [-0.1, -0.05) is 65.9 Å². The third kappa shape index (κ3) is 7.44. The molecule has 5 atom stereocenters. The number of nitrogens with zero attached hydrogens (tertiary/aromatic N) is 3. The van der Waals surface area contributed by atoms with Crippen LogP contribution in [0.4, 0.5) is 13.2 Å². The Hall–Kier alpha value is -3.46. The molecule has 3 aromatic carbocycles. The molecule has 3 saturated heterocycles. The Morgan fingerprint density at radius 1 is 0.900 bits per heavy atom. The summed E-state index contributed by atoms with van der Waals surface area (Å²) in [6.07, 6.45) is 0.424. The molecule has 3 aliphatic rings. The zero-order valence-corrected chi connectivity index (χ0v) is 28.3. The number of halogens is 3. The molecule has 15 heteroatoms. The molecular weight excluding hydrogens is 678 g/mol. The molecule has 0 radical (unpaired) electrons. The van der Waals surface area contributed by atoms with Crippen molar-refractivity contribution in [3.05, 3.63) is 108 Å². The van der Waals surface area contributed by atoms with Crippen LogP contribution in [0.15, 0.2) is 79.0 Å². The molecule has 0 amide bonds. The summed E-state index contributed by atoms with van der Waals surface area (Å²) in [6.45, 7) is 3.72. The number of rotatable bonds is 10. The average Bonchev–Trinajstić information content (AvgIpc) is 3.61. The van der Waals surface area contributed by atoms with Crippen molar-refractivity contribution < 1.29 is 50.3 Å². The van der Waals surface area contributed by atoms with Crippen LogP contribution in [0.5, 0.6) is 0 Å². The minimum Gasteiger partial charge on any atom is -0.348 e. The Labute approximate surface area is 287 Å². The van der Waals surface area contributed by atoms with E-state index in [-0.39, 0.29) is 31.1 Å². The van der Waals surface area contributed by atoms with E-state index in [1.807, 2.05) is 60.7 Å². The maximum absolute atomic E-state index is 14.8. The van der Waals surface area contributed by atoms with Gasteiger partial charge in [-0.05, 0) is 49.9 Å². The van der Waals surface area contributed by atoms with Gasteiger partial charge in [0.1, 0.15) is 30.0 Å². The summed E-state index contributed by atoms with van der Waals surface area (Å²) in [5.74, 6) is -6.91. The first-order valence-electron chi connectivity index (χ1n) is 16.4. The molecule has 0 saturated carbocycles. The molecular formula is C35H37F3N3O8P. The zero-order chi connectivity index (χ0) is 34.9. The van der Waals surface area contributed by atoms with Crippen LogP contribution in [0, 0.1) is 17.5 Å². The van der Waals surface area contributed by atoms with Gasteiger partial charge in [0.25, 0.3) is 0 Å². The van der Waals surface area contributed by atoms with Crippen LogP contribution < -0.4 is 0 Å². The Kier molecular flexibility index (Phi) is 9.99. The second-order valence-corrected chi connectivity index (χ2v) is 14.5. The minimum atomic E-state index is -4.47. The number of hydrogen-bond donors (Lipinski definition) is 0. The van der Waals surface area contributed by atoms with Gasteiger partial charge in [-0.2, -0.15) is 0 Å². The molecule has 7 rings (SSSR count). The molecule has 0 bridgehead atoms. The number of aromatic nitrogens is 3. The maximum atomic E-state index is 14.8. The van der Waals surface area contributed by atoms with Crippen molar-refractivity contribution in [1.82, 2.24) is 15.0 Å². The predicted octanol–water partition coefficient (Wildman–Crippen LogP) is 7.28. The van der Waals surface area contributed by atoms with Gasteiger partial charge >= 0.3 is 7.82 Å². The molecule has 4 heterocycles. The largest absolute Gasteiger partial charge is 0.475 e. The molecule has 11 nitrogen and oxygen atoms in total. The summed E-state index contributed by atoms with van der Waals surface area (Å²) in [5, 5.41) is 8.49. The highest BCUT2D eigenvalue weighted by molar-refractivity contribution is 7.48. The molecule has 3 aliphatic heterocycles. The van der Waals surface area contributed by atoms with E-state index in [9.17, 15) is 17.7 Å². The van der Waals surface area contributed by atoms with E-state index in [1.165, 1.54) is 10.9 Å². The standard InChI is InChI=1S/C35H37F3N3O8P/c1-34(2)44-22-29-32(48-34)31(41-19-28(39-40-41)25-17-26(36)30(38)27(37)18-25)33(35(47-29)15-9-10-16-43-35)49-50(42,45-20-23-11-5-3-6-12-23)46-21-24-13-7-4-8-14-24/h3-8,11-14,17-19,29,31-33H,9-10,15-16,20-22H2,1-2H3/t29-,31+,32+,33-,35+/m1/s1. The van der Waals surface area contributed by atoms with E-state index in [0.29, 0.717) is 19.4 Å². The van der Waals surface area contributed by atoms with Crippen molar-refractivity contribution in [2.75, 3.05) is 13.2 Å². The van der Waals surface area contributed by atoms with Crippen molar-refractivity contribution in [3.8, 4) is 11.3 Å². The van der Waals surface area contributed by atoms with E-state index in [2.05, 4.69) is 10.3 Å². The monoisotopic (exact) mass is 715 g/mol. The van der Waals surface area contributed by atoms with Gasteiger partial charge in [0.2, 0.25) is 0 Å². The van der Waals surface area contributed by atoms with Crippen molar-refractivity contribution >= 4 is 7.82 Å². The van der Waals surface area contributed by atoms with Gasteiger partial charge in [-0.15, -0.1) is 5.10 Å².